The molecule has 1 aromatic rings. The Labute approximate surface area is 124 Å². The molecule has 1 aliphatic carbocycles. The van der Waals surface area contributed by atoms with Crippen LogP contribution in [0.25, 0.3) is 0 Å². The minimum Gasteiger partial charge on any atom is -0.397 e. The summed E-state index contributed by atoms with van der Waals surface area (Å²) in [6.07, 6.45) is 5.24. The van der Waals surface area contributed by atoms with Crippen molar-refractivity contribution in [1.29, 1.82) is 0 Å². The summed E-state index contributed by atoms with van der Waals surface area (Å²) in [5.41, 5.74) is 8.22. The van der Waals surface area contributed by atoms with Gasteiger partial charge in [0.05, 0.1) is 11.4 Å². The zero-order valence-corrected chi connectivity index (χ0v) is 12.6. The van der Waals surface area contributed by atoms with Gasteiger partial charge < -0.3 is 5.73 Å². The van der Waals surface area contributed by atoms with Crippen LogP contribution in [0.2, 0.25) is 0 Å². The monoisotopic (exact) mass is 278 g/mol. The van der Waals surface area contributed by atoms with Crippen LogP contribution in [0.5, 0.6) is 0 Å². The second kappa shape index (κ2) is 8.72. The van der Waals surface area contributed by atoms with Gasteiger partial charge in [-0.25, -0.2) is 0 Å². The number of nitrogen functional groups attached to an aromatic ring is 1. The lowest BCUT2D eigenvalue weighted by atomic mass is 9.79. The van der Waals surface area contributed by atoms with Gasteiger partial charge in [-0.15, -0.1) is 0 Å². The highest BCUT2D eigenvalue weighted by Gasteiger charge is 2.21. The lowest BCUT2D eigenvalue weighted by Crippen LogP contribution is -2.18. The number of ketones is 1. The summed E-state index contributed by atoms with van der Waals surface area (Å²) >= 11 is 0. The van der Waals surface area contributed by atoms with Crippen molar-refractivity contribution in [2.24, 2.45) is 11.8 Å². The predicted molar refractivity (Wildman–Crippen MR) is 86.7 cm³/mol. The van der Waals surface area contributed by atoms with E-state index < -0.39 is 0 Å². The van der Waals surface area contributed by atoms with Crippen LogP contribution in [0.15, 0.2) is 12.1 Å². The van der Waals surface area contributed by atoms with Crippen LogP contribution >= 0.6 is 0 Å². The number of rotatable bonds is 3. The Kier molecular flexibility index (Phi) is 8.12. The number of nitrogens with zero attached hydrogens (tertiary/aromatic N) is 1. The number of hydrogen-bond donors (Lipinski definition) is 1. The van der Waals surface area contributed by atoms with Gasteiger partial charge in [0.1, 0.15) is 5.78 Å². The number of carbonyl (C=O) groups is 1. The van der Waals surface area contributed by atoms with Gasteiger partial charge in [-0.1, -0.05) is 33.6 Å². The van der Waals surface area contributed by atoms with Crippen LogP contribution in [0.4, 0.5) is 5.69 Å². The van der Waals surface area contributed by atoms with Crippen LogP contribution in [0.3, 0.4) is 0 Å². The molecule has 2 N–H and O–H groups in total. The van der Waals surface area contributed by atoms with Crippen molar-refractivity contribution in [3.05, 3.63) is 23.5 Å². The van der Waals surface area contributed by atoms with Gasteiger partial charge in [0.25, 0.3) is 0 Å². The van der Waals surface area contributed by atoms with E-state index in [0.29, 0.717) is 11.7 Å². The molecule has 1 atom stereocenters. The van der Waals surface area contributed by atoms with E-state index in [-0.39, 0.29) is 7.43 Å². The number of anilines is 1. The maximum Gasteiger partial charge on any atom is 0.132 e. The molecule has 1 heterocycles. The second-order valence-electron chi connectivity index (χ2n) is 5.67. The molecule has 2 rings (SSSR count). The third-order valence-electron chi connectivity index (χ3n) is 3.87. The molecule has 0 aromatic carbocycles. The Balaban J connectivity index is 0.000000345. The van der Waals surface area contributed by atoms with E-state index in [4.69, 9.17) is 5.73 Å². The van der Waals surface area contributed by atoms with E-state index in [0.717, 1.165) is 29.4 Å². The van der Waals surface area contributed by atoms with Crippen LogP contribution in [0, 0.1) is 25.7 Å². The van der Waals surface area contributed by atoms with E-state index in [1.54, 1.807) is 6.92 Å². The average molecular weight is 278 g/mol. The lowest BCUT2D eigenvalue weighted by molar-refractivity contribution is -0.120. The largest absolute Gasteiger partial charge is 0.397 e. The van der Waals surface area contributed by atoms with Crippen molar-refractivity contribution in [3.8, 4) is 0 Å². The summed E-state index contributed by atoms with van der Waals surface area (Å²) < 4.78 is 0. The van der Waals surface area contributed by atoms with E-state index in [9.17, 15) is 4.79 Å². The standard InChI is InChI=1S/C9H16O.C7H10N2.CH4/c1-7(8(2)10)6-9-4-3-5-9;1-5-3-4-7(8)6(2)9-5;/h7,9H,3-6H2,1-2H3;3-4H,8H2,1-2H3;1H4. The Morgan fingerprint density at radius 1 is 1.40 bits per heavy atom. The molecule has 0 amide bonds. The van der Waals surface area contributed by atoms with Gasteiger partial charge in [-0.2, -0.15) is 0 Å². The smallest absolute Gasteiger partial charge is 0.132 e. The molecule has 1 unspecified atom stereocenters. The number of Topliss-reactive ketones (excluding diaryl/α,β-unsaturated/α-hetero) is 1. The number of hydrogen-bond acceptors (Lipinski definition) is 3. The van der Waals surface area contributed by atoms with Gasteiger partial charge >= 0.3 is 0 Å². The number of aromatic nitrogens is 1. The van der Waals surface area contributed by atoms with E-state index in [2.05, 4.69) is 4.98 Å². The second-order valence-corrected chi connectivity index (χ2v) is 5.67. The maximum absolute atomic E-state index is 10.8. The first-order valence-corrected chi connectivity index (χ1v) is 7.10. The van der Waals surface area contributed by atoms with Gasteiger partial charge in [0.15, 0.2) is 0 Å². The van der Waals surface area contributed by atoms with Crippen LogP contribution in [-0.2, 0) is 4.79 Å². The molecule has 20 heavy (non-hydrogen) atoms. The average Bonchev–Trinajstić information content (AvgIpc) is 2.29. The van der Waals surface area contributed by atoms with Crippen molar-refractivity contribution >= 4 is 11.5 Å². The van der Waals surface area contributed by atoms with Crippen molar-refractivity contribution in [3.63, 3.8) is 0 Å². The highest BCUT2D eigenvalue weighted by atomic mass is 16.1. The van der Waals surface area contributed by atoms with E-state index in [1.165, 1.54) is 19.3 Å². The Bertz CT molecular complexity index is 425. The van der Waals surface area contributed by atoms with Crippen LogP contribution in [-0.4, -0.2) is 10.8 Å². The lowest BCUT2D eigenvalue weighted by Gasteiger charge is -2.27. The fourth-order valence-corrected chi connectivity index (χ4v) is 2.09. The molecular weight excluding hydrogens is 248 g/mol. The molecule has 1 saturated carbocycles. The molecule has 0 aliphatic heterocycles. The molecule has 114 valence electrons. The first-order chi connectivity index (χ1) is 8.90. The molecule has 0 radical (unpaired) electrons. The van der Waals surface area contributed by atoms with Gasteiger partial charge in [-0.05, 0) is 45.2 Å². The summed E-state index contributed by atoms with van der Waals surface area (Å²) in [5, 5.41) is 0. The zero-order valence-electron chi connectivity index (χ0n) is 12.6. The highest BCUT2D eigenvalue weighted by Crippen LogP contribution is 2.32. The summed E-state index contributed by atoms with van der Waals surface area (Å²) in [5.74, 6) is 1.54. The van der Waals surface area contributed by atoms with Crippen molar-refractivity contribution < 1.29 is 4.79 Å². The highest BCUT2D eigenvalue weighted by molar-refractivity contribution is 5.77. The van der Waals surface area contributed by atoms with Gasteiger partial charge in [0.2, 0.25) is 0 Å². The topological polar surface area (TPSA) is 56.0 Å². The molecule has 0 bridgehead atoms. The van der Waals surface area contributed by atoms with Crippen LogP contribution in [0.1, 0.15) is 58.3 Å². The van der Waals surface area contributed by atoms with Crippen molar-refractivity contribution in [2.45, 2.75) is 60.8 Å². The van der Waals surface area contributed by atoms with Gasteiger partial charge in [0, 0.05) is 11.6 Å². The predicted octanol–water partition coefficient (Wildman–Crippen LogP) is 4.32. The summed E-state index contributed by atoms with van der Waals surface area (Å²) in [7, 11) is 0. The molecule has 0 saturated heterocycles. The SMILES string of the molecule is C.CC(=O)C(C)CC1CCC1.Cc1ccc(N)c(C)n1. The molecule has 3 heteroatoms. The van der Waals surface area contributed by atoms with Crippen molar-refractivity contribution in [1.82, 2.24) is 4.98 Å². The van der Waals surface area contributed by atoms with Gasteiger partial charge in [-0.3, -0.25) is 9.78 Å². The molecule has 0 spiro atoms. The Hall–Kier alpha value is -1.38. The first kappa shape index (κ1) is 18.6. The molecule has 1 fully saturated rings. The maximum atomic E-state index is 10.8. The Morgan fingerprint density at radius 2 is 2.00 bits per heavy atom. The molecule has 1 aromatic heterocycles. The van der Waals surface area contributed by atoms with E-state index in [1.807, 2.05) is 32.9 Å². The molecule has 1 aliphatic rings. The minimum atomic E-state index is 0. The molecule has 3 nitrogen and oxygen atoms in total. The number of carbonyl (C=O) groups excluding carboxylic acids is 1. The fourth-order valence-electron chi connectivity index (χ4n) is 2.09. The normalized spacial score (nSPS) is 15.2. The number of pyridine rings is 1. The summed E-state index contributed by atoms with van der Waals surface area (Å²) in [4.78, 5) is 15.0. The minimum absolute atomic E-state index is 0. The third-order valence-corrected chi connectivity index (χ3v) is 3.87. The molecular formula is C17H30N2O. The summed E-state index contributed by atoms with van der Waals surface area (Å²) in [6, 6.07) is 3.78. The first-order valence-electron chi connectivity index (χ1n) is 7.10. The fraction of sp³-hybridized carbons (Fsp3) is 0.647. The zero-order chi connectivity index (χ0) is 14.4. The van der Waals surface area contributed by atoms with Crippen molar-refractivity contribution in [2.75, 3.05) is 5.73 Å². The summed E-state index contributed by atoms with van der Waals surface area (Å²) in [6.45, 7) is 7.60. The van der Waals surface area contributed by atoms with Crippen LogP contribution < -0.4 is 5.73 Å². The number of aryl methyl sites for hydroxylation is 2. The Morgan fingerprint density at radius 3 is 2.35 bits per heavy atom. The third kappa shape index (κ3) is 6.18. The number of nitrogens with two attached hydrogens (primary N) is 1. The van der Waals surface area contributed by atoms with E-state index >= 15 is 0 Å². The quantitative estimate of drug-likeness (QED) is 0.896.